The van der Waals surface area contributed by atoms with E-state index in [1.54, 1.807) is 6.20 Å². The third-order valence-corrected chi connectivity index (χ3v) is 4.45. The van der Waals surface area contributed by atoms with Gasteiger partial charge in [0.15, 0.2) is 11.5 Å². The molecule has 1 aliphatic heterocycles. The van der Waals surface area contributed by atoms with Gasteiger partial charge in [-0.15, -0.1) is 5.10 Å². The van der Waals surface area contributed by atoms with Crippen LogP contribution in [-0.2, 0) is 0 Å². The minimum absolute atomic E-state index is 0.0265. The number of nitrogens with one attached hydrogen (secondary N) is 2. The van der Waals surface area contributed by atoms with Gasteiger partial charge in [0.25, 0.3) is 5.91 Å². The number of benzene rings is 1. The first-order valence-corrected chi connectivity index (χ1v) is 8.61. The normalized spacial score (nSPS) is 17.1. The van der Waals surface area contributed by atoms with Crippen LogP contribution in [-0.4, -0.2) is 50.6 Å². The van der Waals surface area contributed by atoms with Crippen molar-refractivity contribution in [3.05, 3.63) is 54.4 Å². The van der Waals surface area contributed by atoms with E-state index >= 15 is 0 Å². The average Bonchev–Trinajstić information content (AvgIpc) is 3.20. The van der Waals surface area contributed by atoms with Gasteiger partial charge in [-0.25, -0.2) is 0 Å². The fourth-order valence-corrected chi connectivity index (χ4v) is 3.21. The summed E-state index contributed by atoms with van der Waals surface area (Å²) in [5.41, 5.74) is 1.73. The lowest BCUT2D eigenvalue weighted by molar-refractivity contribution is 0.0928. The van der Waals surface area contributed by atoms with Crippen LogP contribution in [0.3, 0.4) is 0 Å². The Balaban J connectivity index is 1.46. The summed E-state index contributed by atoms with van der Waals surface area (Å²) < 4.78 is 0. The summed E-state index contributed by atoms with van der Waals surface area (Å²) in [6, 6.07) is 13.4. The van der Waals surface area contributed by atoms with E-state index in [0.717, 1.165) is 30.8 Å². The molecular formula is C18H19N7O. The second-order valence-corrected chi connectivity index (χ2v) is 6.23. The van der Waals surface area contributed by atoms with Crippen LogP contribution >= 0.6 is 0 Å². The number of H-pyrrole nitrogens is 1. The fourth-order valence-electron chi connectivity index (χ4n) is 3.21. The highest BCUT2D eigenvalue weighted by atomic mass is 16.2. The lowest BCUT2D eigenvalue weighted by Crippen LogP contribution is -2.48. The van der Waals surface area contributed by atoms with Gasteiger partial charge in [0.2, 0.25) is 0 Å². The maximum Gasteiger partial charge on any atom is 0.274 e. The first-order valence-electron chi connectivity index (χ1n) is 8.61. The highest BCUT2D eigenvalue weighted by Gasteiger charge is 2.25. The van der Waals surface area contributed by atoms with Gasteiger partial charge in [-0.3, -0.25) is 4.79 Å². The van der Waals surface area contributed by atoms with Crippen LogP contribution in [0.2, 0.25) is 0 Å². The van der Waals surface area contributed by atoms with Gasteiger partial charge < -0.3 is 10.2 Å². The molecule has 8 nitrogen and oxygen atoms in total. The van der Waals surface area contributed by atoms with Gasteiger partial charge in [-0.05, 0) is 25.0 Å². The van der Waals surface area contributed by atoms with E-state index in [2.05, 4.69) is 35.8 Å². The standard InChI is InChI=1S/C18H19N7O/c26-18(17-16(22-24-23-17)13-6-2-1-3-7-13)20-14-8-5-11-25(12-14)15-9-4-10-19-21-15/h1-4,6-7,9-10,14H,5,8,11-12H2,(H,20,26)(H,22,23,24)/t14-/m1/s1. The number of carbonyl (C=O) groups is 1. The minimum atomic E-state index is -0.219. The maximum atomic E-state index is 12.7. The molecule has 2 aromatic heterocycles. The van der Waals surface area contributed by atoms with Crippen molar-refractivity contribution in [2.75, 3.05) is 18.0 Å². The second-order valence-electron chi connectivity index (χ2n) is 6.23. The number of aromatic amines is 1. The molecule has 1 saturated heterocycles. The summed E-state index contributed by atoms with van der Waals surface area (Å²) in [4.78, 5) is 14.9. The molecule has 0 aliphatic carbocycles. The van der Waals surface area contributed by atoms with E-state index in [1.165, 1.54) is 0 Å². The second kappa shape index (κ2) is 7.30. The molecule has 3 aromatic rings. The number of hydrogen-bond acceptors (Lipinski definition) is 6. The summed E-state index contributed by atoms with van der Waals surface area (Å²) in [6.45, 7) is 1.60. The number of piperidine rings is 1. The summed E-state index contributed by atoms with van der Waals surface area (Å²) >= 11 is 0. The van der Waals surface area contributed by atoms with Crippen LogP contribution < -0.4 is 10.2 Å². The van der Waals surface area contributed by atoms with Crippen molar-refractivity contribution in [2.24, 2.45) is 0 Å². The Bertz CT molecular complexity index is 866. The Labute approximate surface area is 150 Å². The maximum absolute atomic E-state index is 12.7. The van der Waals surface area contributed by atoms with Crippen molar-refractivity contribution < 1.29 is 4.79 Å². The Kier molecular flexibility index (Phi) is 4.55. The van der Waals surface area contributed by atoms with Crippen molar-refractivity contribution in [3.63, 3.8) is 0 Å². The molecule has 3 heterocycles. The first kappa shape index (κ1) is 16.2. The van der Waals surface area contributed by atoms with Crippen LogP contribution in [0.1, 0.15) is 23.3 Å². The monoisotopic (exact) mass is 349 g/mol. The summed E-state index contributed by atoms with van der Waals surface area (Å²) in [5, 5.41) is 21.9. The van der Waals surface area contributed by atoms with Crippen molar-refractivity contribution >= 4 is 11.7 Å². The quantitative estimate of drug-likeness (QED) is 0.743. The molecule has 2 N–H and O–H groups in total. The number of amides is 1. The molecule has 1 atom stereocenters. The van der Waals surface area contributed by atoms with Crippen LogP contribution in [0.4, 0.5) is 5.82 Å². The zero-order valence-corrected chi connectivity index (χ0v) is 14.2. The fraction of sp³-hybridized carbons (Fsp3) is 0.278. The molecular weight excluding hydrogens is 330 g/mol. The topological polar surface area (TPSA) is 99.7 Å². The number of hydrogen-bond donors (Lipinski definition) is 2. The molecule has 0 saturated carbocycles. The Morgan fingerprint density at radius 3 is 2.85 bits per heavy atom. The van der Waals surface area contributed by atoms with Crippen LogP contribution in [0, 0.1) is 0 Å². The number of carbonyl (C=O) groups excluding carboxylic acids is 1. The van der Waals surface area contributed by atoms with Gasteiger partial charge >= 0.3 is 0 Å². The molecule has 132 valence electrons. The van der Waals surface area contributed by atoms with E-state index < -0.39 is 0 Å². The van der Waals surface area contributed by atoms with Crippen LogP contribution in [0.25, 0.3) is 11.3 Å². The summed E-state index contributed by atoms with van der Waals surface area (Å²) in [6.07, 6.45) is 3.55. The van der Waals surface area contributed by atoms with Crippen LogP contribution in [0.5, 0.6) is 0 Å². The van der Waals surface area contributed by atoms with Crippen molar-refractivity contribution in [2.45, 2.75) is 18.9 Å². The van der Waals surface area contributed by atoms with Gasteiger partial charge in [-0.2, -0.15) is 20.5 Å². The van der Waals surface area contributed by atoms with Crippen molar-refractivity contribution in [3.8, 4) is 11.3 Å². The minimum Gasteiger partial charge on any atom is -0.353 e. The molecule has 0 bridgehead atoms. The third-order valence-electron chi connectivity index (χ3n) is 4.45. The SMILES string of the molecule is O=C(N[C@@H]1CCCN(c2cccnn2)C1)c1n[nH]nc1-c1ccccc1. The number of nitrogens with zero attached hydrogens (tertiary/aromatic N) is 5. The number of rotatable bonds is 4. The predicted molar refractivity (Wildman–Crippen MR) is 96.6 cm³/mol. The van der Waals surface area contributed by atoms with E-state index in [1.807, 2.05) is 42.5 Å². The molecule has 8 heteroatoms. The highest BCUT2D eigenvalue weighted by Crippen LogP contribution is 2.20. The Morgan fingerprint density at radius 2 is 2.04 bits per heavy atom. The first-order chi connectivity index (χ1) is 12.8. The molecule has 0 spiro atoms. The zero-order chi connectivity index (χ0) is 17.8. The predicted octanol–water partition coefficient (Wildman–Crippen LogP) is 1.66. The largest absolute Gasteiger partial charge is 0.353 e. The molecule has 4 rings (SSSR count). The smallest absolute Gasteiger partial charge is 0.274 e. The number of aromatic nitrogens is 5. The lowest BCUT2D eigenvalue weighted by Gasteiger charge is -2.33. The van der Waals surface area contributed by atoms with Gasteiger partial charge in [0.1, 0.15) is 5.69 Å². The Hall–Kier alpha value is -3.29. The molecule has 1 amide bonds. The molecule has 0 unspecified atom stereocenters. The highest BCUT2D eigenvalue weighted by molar-refractivity contribution is 5.98. The van der Waals surface area contributed by atoms with E-state index in [-0.39, 0.29) is 11.9 Å². The van der Waals surface area contributed by atoms with E-state index in [0.29, 0.717) is 17.9 Å². The molecule has 1 aromatic carbocycles. The summed E-state index contributed by atoms with van der Waals surface area (Å²) in [5.74, 6) is 0.612. The van der Waals surface area contributed by atoms with Crippen LogP contribution in [0.15, 0.2) is 48.7 Å². The van der Waals surface area contributed by atoms with Gasteiger partial charge in [0, 0.05) is 30.9 Å². The number of anilines is 1. The lowest BCUT2D eigenvalue weighted by atomic mass is 10.0. The molecule has 0 radical (unpaired) electrons. The molecule has 1 fully saturated rings. The molecule has 26 heavy (non-hydrogen) atoms. The van der Waals surface area contributed by atoms with Gasteiger partial charge in [0.05, 0.1) is 0 Å². The third kappa shape index (κ3) is 3.39. The van der Waals surface area contributed by atoms with Gasteiger partial charge in [-0.1, -0.05) is 30.3 Å². The van der Waals surface area contributed by atoms with E-state index in [4.69, 9.17) is 0 Å². The average molecular weight is 349 g/mol. The zero-order valence-electron chi connectivity index (χ0n) is 14.2. The summed E-state index contributed by atoms with van der Waals surface area (Å²) in [7, 11) is 0. The van der Waals surface area contributed by atoms with Crippen molar-refractivity contribution in [1.29, 1.82) is 0 Å². The molecule has 1 aliphatic rings. The Morgan fingerprint density at radius 1 is 1.15 bits per heavy atom. The van der Waals surface area contributed by atoms with E-state index in [9.17, 15) is 4.79 Å². The van der Waals surface area contributed by atoms with Crippen molar-refractivity contribution in [1.82, 2.24) is 30.9 Å².